The van der Waals surface area contributed by atoms with Gasteiger partial charge >= 0.3 is 0 Å². The van der Waals surface area contributed by atoms with Crippen LogP contribution in [0.4, 0.5) is 5.69 Å². The van der Waals surface area contributed by atoms with E-state index in [1.165, 1.54) is 24.3 Å². The summed E-state index contributed by atoms with van der Waals surface area (Å²) in [6.45, 7) is 3.80. The molecule has 0 radical (unpaired) electrons. The van der Waals surface area contributed by atoms with E-state index < -0.39 is 10.5 Å². The van der Waals surface area contributed by atoms with Gasteiger partial charge in [-0.25, -0.2) is 0 Å². The Hall–Kier alpha value is -2.32. The smallest absolute Gasteiger partial charge is 0.288 e. The Morgan fingerprint density at radius 3 is 2.64 bits per heavy atom. The van der Waals surface area contributed by atoms with Crippen molar-refractivity contribution in [2.75, 3.05) is 0 Å². The highest BCUT2D eigenvalue weighted by Crippen LogP contribution is 2.25. The van der Waals surface area contributed by atoms with E-state index in [0.29, 0.717) is 18.4 Å². The van der Waals surface area contributed by atoms with Crippen LogP contribution in [0.25, 0.3) is 6.08 Å². The highest BCUT2D eigenvalue weighted by Gasteiger charge is 2.24. The summed E-state index contributed by atoms with van der Waals surface area (Å²) < 4.78 is 0. The number of nitrogens with zero attached hydrogens (tertiary/aromatic N) is 1. The number of nitro benzene ring substituents is 1. The SMILES string of the molecule is C#CC(CC)(CC)NC(=O)/C=C/c1ccc(Cl)c([N+](=O)[O-])c1. The van der Waals surface area contributed by atoms with Crippen molar-refractivity contribution in [3.63, 3.8) is 0 Å². The highest BCUT2D eigenvalue weighted by atomic mass is 35.5. The third kappa shape index (κ3) is 4.34. The van der Waals surface area contributed by atoms with Crippen molar-refractivity contribution in [1.82, 2.24) is 5.32 Å². The average Bonchev–Trinajstić information content (AvgIpc) is 2.51. The van der Waals surface area contributed by atoms with E-state index in [1.54, 1.807) is 6.07 Å². The standard InChI is InChI=1S/C16H17ClN2O3/c1-4-16(5-2,6-3)18-15(20)10-8-12-7-9-13(17)14(11-12)19(21)22/h1,7-11H,5-6H2,2-3H3,(H,18,20)/b10-8+. The molecular weight excluding hydrogens is 304 g/mol. The summed E-state index contributed by atoms with van der Waals surface area (Å²) in [5.41, 5.74) is -0.372. The second-order valence-corrected chi connectivity index (χ2v) is 5.13. The van der Waals surface area contributed by atoms with Crippen molar-refractivity contribution >= 4 is 29.3 Å². The Kier molecular flexibility index (Phi) is 6.14. The zero-order valence-electron chi connectivity index (χ0n) is 12.4. The van der Waals surface area contributed by atoms with E-state index in [-0.39, 0.29) is 16.6 Å². The monoisotopic (exact) mass is 320 g/mol. The molecule has 0 aromatic heterocycles. The van der Waals surface area contributed by atoms with Crippen LogP contribution in [0.5, 0.6) is 0 Å². The van der Waals surface area contributed by atoms with Gasteiger partial charge in [0.2, 0.25) is 5.91 Å². The van der Waals surface area contributed by atoms with Gasteiger partial charge in [0.1, 0.15) is 10.6 Å². The fraction of sp³-hybridized carbons (Fsp3) is 0.312. The van der Waals surface area contributed by atoms with Gasteiger partial charge < -0.3 is 5.32 Å². The molecule has 1 aromatic rings. The second-order valence-electron chi connectivity index (χ2n) is 4.72. The molecule has 1 rings (SSSR count). The van der Waals surface area contributed by atoms with E-state index in [0.717, 1.165) is 0 Å². The van der Waals surface area contributed by atoms with E-state index in [2.05, 4.69) is 11.2 Å². The van der Waals surface area contributed by atoms with Crippen molar-refractivity contribution in [2.24, 2.45) is 0 Å². The molecule has 0 bridgehead atoms. The Morgan fingerprint density at radius 1 is 1.50 bits per heavy atom. The molecule has 1 N–H and O–H groups in total. The van der Waals surface area contributed by atoms with Crippen molar-refractivity contribution in [2.45, 2.75) is 32.2 Å². The molecule has 0 saturated heterocycles. The Labute approximate surface area is 134 Å². The topological polar surface area (TPSA) is 72.2 Å². The fourth-order valence-electron chi connectivity index (χ4n) is 1.89. The number of nitrogens with one attached hydrogen (secondary N) is 1. The number of benzene rings is 1. The summed E-state index contributed by atoms with van der Waals surface area (Å²) >= 11 is 5.73. The van der Waals surface area contributed by atoms with Crippen molar-refractivity contribution < 1.29 is 9.72 Å². The van der Waals surface area contributed by atoms with Crippen LogP contribution in [-0.4, -0.2) is 16.4 Å². The Morgan fingerprint density at radius 2 is 2.14 bits per heavy atom. The lowest BCUT2D eigenvalue weighted by molar-refractivity contribution is -0.384. The number of hydrogen-bond acceptors (Lipinski definition) is 3. The number of carbonyl (C=O) groups is 1. The quantitative estimate of drug-likeness (QED) is 0.377. The van der Waals surface area contributed by atoms with E-state index in [4.69, 9.17) is 18.0 Å². The molecule has 1 aromatic carbocycles. The second kappa shape index (κ2) is 7.62. The van der Waals surface area contributed by atoms with Gasteiger partial charge in [0.05, 0.1) is 4.92 Å². The lowest BCUT2D eigenvalue weighted by atomic mass is 9.94. The number of rotatable bonds is 6. The number of hydrogen-bond donors (Lipinski definition) is 1. The lowest BCUT2D eigenvalue weighted by Crippen LogP contribution is -2.45. The van der Waals surface area contributed by atoms with Crippen LogP contribution >= 0.6 is 11.6 Å². The fourth-order valence-corrected chi connectivity index (χ4v) is 2.08. The predicted molar refractivity (Wildman–Crippen MR) is 87.4 cm³/mol. The van der Waals surface area contributed by atoms with Gasteiger partial charge in [0.15, 0.2) is 0 Å². The van der Waals surface area contributed by atoms with Gasteiger partial charge in [-0.3, -0.25) is 14.9 Å². The van der Waals surface area contributed by atoms with Crippen LogP contribution in [0.3, 0.4) is 0 Å². The number of terminal acetylenes is 1. The first-order valence-electron chi connectivity index (χ1n) is 6.79. The zero-order valence-corrected chi connectivity index (χ0v) is 13.2. The first kappa shape index (κ1) is 17.7. The minimum atomic E-state index is -0.673. The van der Waals surface area contributed by atoms with Gasteiger partial charge in [0, 0.05) is 12.1 Å². The van der Waals surface area contributed by atoms with Crippen molar-refractivity contribution in [3.8, 4) is 12.3 Å². The Balaban J connectivity index is 2.89. The maximum absolute atomic E-state index is 11.9. The molecular formula is C16H17ClN2O3. The summed E-state index contributed by atoms with van der Waals surface area (Å²) in [4.78, 5) is 22.2. The molecule has 0 aliphatic rings. The van der Waals surface area contributed by atoms with Gasteiger partial charge in [-0.15, -0.1) is 6.42 Å². The van der Waals surface area contributed by atoms with Crippen LogP contribution in [0.1, 0.15) is 32.3 Å². The van der Waals surface area contributed by atoms with Gasteiger partial charge in [-0.05, 0) is 30.5 Å². The molecule has 0 fully saturated rings. The largest absolute Gasteiger partial charge is 0.336 e. The Bertz CT molecular complexity index is 643. The van der Waals surface area contributed by atoms with Crippen LogP contribution in [0, 0.1) is 22.5 Å². The maximum atomic E-state index is 11.9. The molecule has 0 unspecified atom stereocenters. The van der Waals surface area contributed by atoms with Gasteiger partial charge in [0.25, 0.3) is 5.69 Å². The van der Waals surface area contributed by atoms with Gasteiger partial charge in [-0.2, -0.15) is 0 Å². The number of carbonyl (C=O) groups excluding carboxylic acids is 1. The molecule has 0 spiro atoms. The molecule has 0 atom stereocenters. The highest BCUT2D eigenvalue weighted by molar-refractivity contribution is 6.32. The number of amides is 1. The van der Waals surface area contributed by atoms with Crippen molar-refractivity contribution in [1.29, 1.82) is 0 Å². The first-order valence-corrected chi connectivity index (χ1v) is 7.17. The van der Waals surface area contributed by atoms with Gasteiger partial charge in [-0.1, -0.05) is 37.4 Å². The molecule has 0 saturated carbocycles. The maximum Gasteiger partial charge on any atom is 0.288 e. The van der Waals surface area contributed by atoms with Crippen LogP contribution < -0.4 is 5.32 Å². The van der Waals surface area contributed by atoms with E-state index >= 15 is 0 Å². The average molecular weight is 321 g/mol. The molecule has 1 amide bonds. The molecule has 116 valence electrons. The molecule has 0 aliphatic heterocycles. The van der Waals surface area contributed by atoms with E-state index in [9.17, 15) is 14.9 Å². The molecule has 6 heteroatoms. The van der Waals surface area contributed by atoms with Crippen LogP contribution in [-0.2, 0) is 4.79 Å². The third-order valence-electron chi connectivity index (χ3n) is 3.44. The summed E-state index contributed by atoms with van der Waals surface area (Å²) in [5.74, 6) is 2.26. The minimum Gasteiger partial charge on any atom is -0.336 e. The molecule has 0 heterocycles. The molecule has 22 heavy (non-hydrogen) atoms. The van der Waals surface area contributed by atoms with Crippen LogP contribution in [0.15, 0.2) is 24.3 Å². The van der Waals surface area contributed by atoms with Crippen molar-refractivity contribution in [3.05, 3.63) is 45.0 Å². The first-order chi connectivity index (χ1) is 10.4. The molecule has 5 nitrogen and oxygen atoms in total. The van der Waals surface area contributed by atoms with E-state index in [1.807, 2.05) is 13.8 Å². The lowest BCUT2D eigenvalue weighted by Gasteiger charge is -2.26. The summed E-state index contributed by atoms with van der Waals surface area (Å²) in [6, 6.07) is 4.31. The number of nitro groups is 1. The third-order valence-corrected chi connectivity index (χ3v) is 3.76. The summed E-state index contributed by atoms with van der Waals surface area (Å²) in [6.07, 6.45) is 9.48. The van der Waals surface area contributed by atoms with Crippen LogP contribution in [0.2, 0.25) is 5.02 Å². The molecule has 0 aliphatic carbocycles. The summed E-state index contributed by atoms with van der Waals surface area (Å²) in [7, 11) is 0. The summed E-state index contributed by atoms with van der Waals surface area (Å²) in [5, 5.41) is 13.6. The normalized spacial score (nSPS) is 11.2. The predicted octanol–water partition coefficient (Wildman–Crippen LogP) is 3.57. The number of halogens is 1. The minimum absolute atomic E-state index is 0.0508. The zero-order chi connectivity index (χ0) is 16.8.